The van der Waals surface area contributed by atoms with Gasteiger partial charge in [-0.25, -0.2) is 0 Å². The minimum Gasteiger partial charge on any atom is -0.342 e. The van der Waals surface area contributed by atoms with Gasteiger partial charge < -0.3 is 10.6 Å². The quantitative estimate of drug-likeness (QED) is 0.426. The number of nitrogens with one attached hydrogen (secondary N) is 2. The number of anilines is 2. The molecule has 0 bridgehead atoms. The smallest absolute Gasteiger partial charge is 0.342 e. The summed E-state index contributed by atoms with van der Waals surface area (Å²) < 4.78 is 77.7. The first-order valence-corrected chi connectivity index (χ1v) is 8.24. The van der Waals surface area contributed by atoms with Gasteiger partial charge >= 0.3 is 12.4 Å². The highest BCUT2D eigenvalue weighted by Gasteiger charge is 2.37. The van der Waals surface area contributed by atoms with Crippen molar-refractivity contribution in [2.75, 3.05) is 10.6 Å². The fourth-order valence-corrected chi connectivity index (χ4v) is 2.37. The lowest BCUT2D eigenvalue weighted by Crippen LogP contribution is -2.27. The van der Waals surface area contributed by atoms with E-state index < -0.39 is 40.1 Å². The lowest BCUT2D eigenvalue weighted by Gasteiger charge is -2.15. The number of amides is 1. The second-order valence-electron chi connectivity index (χ2n) is 5.21. The van der Waals surface area contributed by atoms with Crippen LogP contribution in [0.15, 0.2) is 46.9 Å². The summed E-state index contributed by atoms with van der Waals surface area (Å²) in [5, 5.41) is 4.48. The molecular formula is C16H9BrF6N2OS. The Morgan fingerprint density at radius 2 is 1.30 bits per heavy atom. The molecule has 0 fully saturated rings. The SMILES string of the molecule is O=C(Nc1cc(C(F)(F)F)cc(C(F)(F)F)c1)C(=S)Nc1ccc(Br)cc1. The van der Waals surface area contributed by atoms with Crippen LogP contribution in [0.1, 0.15) is 11.1 Å². The molecule has 0 aliphatic carbocycles. The lowest BCUT2D eigenvalue weighted by atomic mass is 10.1. The number of carbonyl (C=O) groups is 1. The second-order valence-corrected chi connectivity index (χ2v) is 6.53. The Hall–Kier alpha value is -2.14. The van der Waals surface area contributed by atoms with Crippen molar-refractivity contribution in [3.8, 4) is 0 Å². The monoisotopic (exact) mass is 470 g/mol. The van der Waals surface area contributed by atoms with E-state index in [1.807, 2.05) is 5.32 Å². The van der Waals surface area contributed by atoms with Gasteiger partial charge in [-0.2, -0.15) is 26.3 Å². The van der Waals surface area contributed by atoms with Gasteiger partial charge in [-0.3, -0.25) is 4.79 Å². The molecule has 27 heavy (non-hydrogen) atoms. The third-order valence-corrected chi connectivity index (χ3v) is 3.97. The number of rotatable bonds is 2. The fourth-order valence-electron chi connectivity index (χ4n) is 1.94. The van der Waals surface area contributed by atoms with Gasteiger partial charge in [0.25, 0.3) is 5.91 Å². The molecule has 0 aliphatic rings. The Morgan fingerprint density at radius 3 is 1.74 bits per heavy atom. The summed E-state index contributed by atoms with van der Waals surface area (Å²) in [5.41, 5.74) is -3.35. The molecule has 0 saturated heterocycles. The van der Waals surface area contributed by atoms with Crippen molar-refractivity contribution in [1.82, 2.24) is 0 Å². The minimum atomic E-state index is -5.02. The second kappa shape index (κ2) is 7.85. The fraction of sp³-hybridized carbons (Fsp3) is 0.125. The lowest BCUT2D eigenvalue weighted by molar-refractivity contribution is -0.143. The minimum absolute atomic E-state index is 0.0337. The van der Waals surface area contributed by atoms with E-state index in [2.05, 4.69) is 21.2 Å². The maximum absolute atomic E-state index is 12.8. The summed E-state index contributed by atoms with van der Waals surface area (Å²) in [4.78, 5) is 11.6. The average Bonchev–Trinajstić information content (AvgIpc) is 2.55. The van der Waals surface area contributed by atoms with Crippen molar-refractivity contribution in [2.45, 2.75) is 12.4 Å². The number of hydrogen-bond acceptors (Lipinski definition) is 2. The summed E-state index contributed by atoms with van der Waals surface area (Å²) in [5.74, 6) is -1.06. The molecule has 2 aromatic carbocycles. The van der Waals surface area contributed by atoms with Crippen molar-refractivity contribution < 1.29 is 31.1 Å². The zero-order valence-corrected chi connectivity index (χ0v) is 15.4. The molecule has 0 aromatic heterocycles. The predicted octanol–water partition coefficient (Wildman–Crippen LogP) is 5.86. The van der Waals surface area contributed by atoms with E-state index >= 15 is 0 Å². The molecule has 3 nitrogen and oxygen atoms in total. The maximum atomic E-state index is 12.8. The molecule has 0 aliphatic heterocycles. The van der Waals surface area contributed by atoms with Crippen LogP contribution in [0.2, 0.25) is 0 Å². The number of benzene rings is 2. The van der Waals surface area contributed by atoms with Crippen LogP contribution in [-0.2, 0) is 17.1 Å². The first kappa shape index (κ1) is 21.2. The first-order valence-electron chi connectivity index (χ1n) is 7.03. The summed E-state index contributed by atoms with van der Waals surface area (Å²) in [6, 6.07) is 7.18. The van der Waals surface area contributed by atoms with Crippen LogP contribution in [0.25, 0.3) is 0 Å². The molecule has 0 saturated carbocycles. The Balaban J connectivity index is 2.23. The Bertz CT molecular complexity index is 832. The van der Waals surface area contributed by atoms with E-state index in [0.717, 1.165) is 4.47 Å². The number of thiocarbonyl (C=S) groups is 1. The summed E-state index contributed by atoms with van der Waals surface area (Å²) in [6.07, 6.45) is -10.0. The Kier molecular flexibility index (Phi) is 6.15. The third-order valence-electron chi connectivity index (χ3n) is 3.15. The molecule has 0 heterocycles. The zero-order chi connectivity index (χ0) is 20.4. The van der Waals surface area contributed by atoms with Crippen LogP contribution in [0, 0.1) is 0 Å². The van der Waals surface area contributed by atoms with Crippen LogP contribution in [0.5, 0.6) is 0 Å². The van der Waals surface area contributed by atoms with E-state index in [0.29, 0.717) is 17.8 Å². The van der Waals surface area contributed by atoms with E-state index in [4.69, 9.17) is 12.2 Å². The van der Waals surface area contributed by atoms with Gasteiger partial charge in [-0.05, 0) is 42.5 Å². The Labute approximate surface area is 162 Å². The van der Waals surface area contributed by atoms with Crippen molar-refractivity contribution in [1.29, 1.82) is 0 Å². The molecule has 2 aromatic rings. The van der Waals surface area contributed by atoms with E-state index in [1.165, 1.54) is 0 Å². The highest BCUT2D eigenvalue weighted by Crippen LogP contribution is 2.37. The summed E-state index contributed by atoms with van der Waals surface area (Å²) >= 11 is 8.03. The van der Waals surface area contributed by atoms with Crippen molar-refractivity contribution in [3.63, 3.8) is 0 Å². The first-order chi connectivity index (χ1) is 12.4. The van der Waals surface area contributed by atoms with Crippen LogP contribution in [0.3, 0.4) is 0 Å². The largest absolute Gasteiger partial charge is 0.416 e. The van der Waals surface area contributed by atoms with E-state index in [-0.39, 0.29) is 6.07 Å². The molecule has 0 atom stereocenters. The maximum Gasteiger partial charge on any atom is 0.416 e. The highest BCUT2D eigenvalue weighted by atomic mass is 79.9. The highest BCUT2D eigenvalue weighted by molar-refractivity contribution is 9.10. The molecule has 1 amide bonds. The molecule has 0 unspecified atom stereocenters. The van der Waals surface area contributed by atoms with Gasteiger partial charge in [0.15, 0.2) is 4.99 Å². The van der Waals surface area contributed by atoms with Crippen LogP contribution in [-0.4, -0.2) is 10.9 Å². The third kappa shape index (κ3) is 5.93. The van der Waals surface area contributed by atoms with Crippen LogP contribution >= 0.6 is 28.1 Å². The van der Waals surface area contributed by atoms with E-state index in [9.17, 15) is 31.1 Å². The number of halogens is 7. The summed E-state index contributed by atoms with van der Waals surface area (Å²) in [6.45, 7) is 0. The standard InChI is InChI=1S/C16H9BrF6N2OS/c17-10-1-3-11(4-2-10)25-14(27)13(26)24-12-6-8(15(18,19)20)5-9(7-12)16(21,22)23/h1-7H,(H,24,26)(H,25,27). The average molecular weight is 471 g/mol. The number of carbonyl (C=O) groups excluding carboxylic acids is 1. The number of hydrogen-bond donors (Lipinski definition) is 2. The number of alkyl halides is 6. The predicted molar refractivity (Wildman–Crippen MR) is 95.4 cm³/mol. The van der Waals surface area contributed by atoms with Gasteiger partial charge in [0.05, 0.1) is 11.1 Å². The molecule has 0 spiro atoms. The summed E-state index contributed by atoms with van der Waals surface area (Å²) in [7, 11) is 0. The van der Waals surface area contributed by atoms with Gasteiger partial charge in [0.2, 0.25) is 0 Å². The van der Waals surface area contributed by atoms with Gasteiger partial charge in [-0.15, -0.1) is 0 Å². The zero-order valence-electron chi connectivity index (χ0n) is 13.0. The van der Waals surface area contributed by atoms with Gasteiger partial charge in [0, 0.05) is 15.8 Å². The van der Waals surface area contributed by atoms with Crippen molar-refractivity contribution in [3.05, 3.63) is 58.1 Å². The molecule has 0 radical (unpaired) electrons. The van der Waals surface area contributed by atoms with Crippen LogP contribution < -0.4 is 10.6 Å². The molecule has 2 N–H and O–H groups in total. The van der Waals surface area contributed by atoms with Crippen LogP contribution in [0.4, 0.5) is 37.7 Å². The van der Waals surface area contributed by atoms with Gasteiger partial charge in [0.1, 0.15) is 0 Å². The normalized spacial score (nSPS) is 11.8. The van der Waals surface area contributed by atoms with E-state index in [1.54, 1.807) is 24.3 Å². The van der Waals surface area contributed by atoms with Crippen molar-refractivity contribution >= 4 is 50.4 Å². The Morgan fingerprint density at radius 1 is 0.815 bits per heavy atom. The van der Waals surface area contributed by atoms with Crippen molar-refractivity contribution in [2.24, 2.45) is 0 Å². The molecular weight excluding hydrogens is 462 g/mol. The molecule has 2 rings (SSSR count). The molecule has 11 heteroatoms. The topological polar surface area (TPSA) is 41.1 Å². The van der Waals surface area contributed by atoms with Gasteiger partial charge in [-0.1, -0.05) is 28.1 Å². The molecule has 144 valence electrons.